The monoisotopic (exact) mass is 297 g/mol. The Balaban J connectivity index is 1.88. The number of likely N-dealkylation sites (tertiary alicyclic amines) is 1. The lowest BCUT2D eigenvalue weighted by Crippen LogP contribution is -2.54. The molecule has 0 radical (unpaired) electrons. The van der Waals surface area contributed by atoms with E-state index in [1.54, 1.807) is 7.11 Å². The van der Waals surface area contributed by atoms with Crippen LogP contribution in [0.4, 0.5) is 0 Å². The van der Waals surface area contributed by atoms with Crippen molar-refractivity contribution in [2.45, 2.75) is 51.6 Å². The average Bonchev–Trinajstić information content (AvgIpc) is 2.49. The standard InChI is InChI=1S/C16H31N3O2/c1-13(2)19-10-4-14(5-11-19)18-15(20)16(12-21-3)6-8-17-9-7-16/h13-14,17H,4-12H2,1-3H3,(H,18,20). The molecule has 0 aromatic heterocycles. The minimum absolute atomic E-state index is 0.203. The number of amides is 1. The van der Waals surface area contributed by atoms with Crippen LogP contribution in [0.2, 0.25) is 0 Å². The number of hydrogen-bond acceptors (Lipinski definition) is 4. The smallest absolute Gasteiger partial charge is 0.228 e. The van der Waals surface area contributed by atoms with E-state index in [2.05, 4.69) is 29.4 Å². The second-order valence-electron chi connectivity index (χ2n) is 6.84. The van der Waals surface area contributed by atoms with Gasteiger partial charge in [0.15, 0.2) is 0 Å². The summed E-state index contributed by atoms with van der Waals surface area (Å²) in [5.74, 6) is 0.203. The zero-order valence-electron chi connectivity index (χ0n) is 13.8. The molecule has 2 aliphatic rings. The van der Waals surface area contributed by atoms with Gasteiger partial charge in [-0.2, -0.15) is 0 Å². The van der Waals surface area contributed by atoms with E-state index in [1.165, 1.54) is 0 Å². The lowest BCUT2D eigenvalue weighted by Gasteiger charge is -2.39. The predicted octanol–water partition coefficient (Wildman–Crippen LogP) is 0.992. The summed E-state index contributed by atoms with van der Waals surface area (Å²) in [5, 5.41) is 6.63. The first-order valence-electron chi connectivity index (χ1n) is 8.32. The number of carbonyl (C=O) groups is 1. The van der Waals surface area contributed by atoms with E-state index in [0.29, 0.717) is 18.7 Å². The van der Waals surface area contributed by atoms with Gasteiger partial charge in [0.2, 0.25) is 5.91 Å². The van der Waals surface area contributed by atoms with Crippen molar-refractivity contribution in [3.63, 3.8) is 0 Å². The molecule has 0 unspecified atom stereocenters. The third-order valence-electron chi connectivity index (χ3n) is 5.06. The van der Waals surface area contributed by atoms with Crippen molar-refractivity contribution < 1.29 is 9.53 Å². The van der Waals surface area contributed by atoms with Crippen molar-refractivity contribution in [1.29, 1.82) is 0 Å². The first-order chi connectivity index (χ1) is 10.1. The van der Waals surface area contributed by atoms with Crippen molar-refractivity contribution in [2.24, 2.45) is 5.41 Å². The Bertz CT molecular complexity index is 327. The molecule has 0 spiro atoms. The van der Waals surface area contributed by atoms with Crippen molar-refractivity contribution in [3.05, 3.63) is 0 Å². The fraction of sp³-hybridized carbons (Fsp3) is 0.938. The molecule has 21 heavy (non-hydrogen) atoms. The van der Waals surface area contributed by atoms with Gasteiger partial charge in [-0.1, -0.05) is 0 Å². The summed E-state index contributed by atoms with van der Waals surface area (Å²) in [7, 11) is 1.69. The molecule has 0 saturated carbocycles. The number of piperidine rings is 2. The van der Waals surface area contributed by atoms with E-state index in [1.807, 2.05) is 0 Å². The van der Waals surface area contributed by atoms with Gasteiger partial charge >= 0.3 is 0 Å². The molecule has 0 aromatic carbocycles. The SMILES string of the molecule is COCC1(C(=O)NC2CCN(C(C)C)CC2)CCNCC1. The molecule has 2 heterocycles. The Morgan fingerprint density at radius 3 is 2.48 bits per heavy atom. The third kappa shape index (κ3) is 4.18. The topological polar surface area (TPSA) is 53.6 Å². The van der Waals surface area contributed by atoms with Crippen molar-refractivity contribution in [3.8, 4) is 0 Å². The molecule has 5 heteroatoms. The Hall–Kier alpha value is -0.650. The fourth-order valence-electron chi connectivity index (χ4n) is 3.52. The first kappa shape index (κ1) is 16.7. The summed E-state index contributed by atoms with van der Waals surface area (Å²) in [6, 6.07) is 0.932. The zero-order chi connectivity index (χ0) is 15.3. The number of nitrogens with zero attached hydrogens (tertiary/aromatic N) is 1. The molecule has 1 amide bonds. The minimum Gasteiger partial charge on any atom is -0.384 e. The molecule has 2 aliphatic heterocycles. The molecular formula is C16H31N3O2. The highest BCUT2D eigenvalue weighted by atomic mass is 16.5. The number of nitrogens with one attached hydrogen (secondary N) is 2. The second-order valence-corrected chi connectivity index (χ2v) is 6.84. The number of carbonyl (C=O) groups excluding carboxylic acids is 1. The van der Waals surface area contributed by atoms with Crippen LogP contribution < -0.4 is 10.6 Å². The molecule has 122 valence electrons. The van der Waals surface area contributed by atoms with Crippen LogP contribution in [-0.2, 0) is 9.53 Å². The lowest BCUT2D eigenvalue weighted by atomic mass is 9.78. The molecule has 5 nitrogen and oxygen atoms in total. The van der Waals surface area contributed by atoms with Crippen LogP contribution in [0, 0.1) is 5.41 Å². The van der Waals surface area contributed by atoms with Crippen LogP contribution in [0.1, 0.15) is 39.5 Å². The van der Waals surface area contributed by atoms with E-state index in [-0.39, 0.29) is 11.3 Å². The van der Waals surface area contributed by atoms with Gasteiger partial charge in [0, 0.05) is 32.3 Å². The molecule has 2 rings (SSSR count). The van der Waals surface area contributed by atoms with E-state index in [4.69, 9.17) is 4.74 Å². The summed E-state index contributed by atoms with van der Waals surface area (Å²) >= 11 is 0. The van der Waals surface area contributed by atoms with Gasteiger partial charge in [-0.15, -0.1) is 0 Å². The van der Waals surface area contributed by atoms with Crippen molar-refractivity contribution >= 4 is 5.91 Å². The predicted molar refractivity (Wildman–Crippen MR) is 84.3 cm³/mol. The number of rotatable bonds is 5. The van der Waals surface area contributed by atoms with E-state index >= 15 is 0 Å². The van der Waals surface area contributed by atoms with Crippen LogP contribution in [0.25, 0.3) is 0 Å². The quantitative estimate of drug-likeness (QED) is 0.795. The van der Waals surface area contributed by atoms with Gasteiger partial charge in [-0.25, -0.2) is 0 Å². The maximum Gasteiger partial charge on any atom is 0.228 e. The molecule has 0 atom stereocenters. The lowest BCUT2D eigenvalue weighted by molar-refractivity contribution is -0.137. The van der Waals surface area contributed by atoms with Gasteiger partial charge in [0.25, 0.3) is 0 Å². The van der Waals surface area contributed by atoms with Crippen LogP contribution in [-0.4, -0.2) is 62.8 Å². The van der Waals surface area contributed by atoms with Gasteiger partial charge in [0.05, 0.1) is 12.0 Å². The van der Waals surface area contributed by atoms with Gasteiger partial charge in [-0.3, -0.25) is 4.79 Å². The molecule has 2 saturated heterocycles. The summed E-state index contributed by atoms with van der Waals surface area (Å²) in [6.45, 7) is 8.99. The average molecular weight is 297 g/mol. The molecule has 2 fully saturated rings. The highest BCUT2D eigenvalue weighted by Gasteiger charge is 2.40. The molecular weight excluding hydrogens is 266 g/mol. The normalized spacial score (nSPS) is 24.2. The maximum atomic E-state index is 12.8. The number of hydrogen-bond donors (Lipinski definition) is 2. The van der Waals surface area contributed by atoms with E-state index in [0.717, 1.165) is 51.9 Å². The van der Waals surface area contributed by atoms with Gasteiger partial charge < -0.3 is 20.3 Å². The Morgan fingerprint density at radius 1 is 1.33 bits per heavy atom. The summed E-state index contributed by atoms with van der Waals surface area (Å²) in [4.78, 5) is 15.2. The molecule has 0 aromatic rings. The van der Waals surface area contributed by atoms with Crippen LogP contribution in [0.15, 0.2) is 0 Å². The zero-order valence-corrected chi connectivity index (χ0v) is 13.8. The second kappa shape index (κ2) is 7.56. The molecule has 2 N–H and O–H groups in total. The number of ether oxygens (including phenoxy) is 1. The van der Waals surface area contributed by atoms with Gasteiger partial charge in [-0.05, 0) is 52.6 Å². The van der Waals surface area contributed by atoms with Gasteiger partial charge in [0.1, 0.15) is 0 Å². The summed E-state index contributed by atoms with van der Waals surface area (Å²) in [6.07, 6.45) is 3.87. The van der Waals surface area contributed by atoms with Crippen LogP contribution in [0.3, 0.4) is 0 Å². The maximum absolute atomic E-state index is 12.8. The highest BCUT2D eigenvalue weighted by molar-refractivity contribution is 5.83. The first-order valence-corrected chi connectivity index (χ1v) is 8.32. The Labute approximate surface area is 128 Å². The summed E-state index contributed by atoms with van der Waals surface area (Å²) in [5.41, 5.74) is -0.324. The third-order valence-corrected chi connectivity index (χ3v) is 5.06. The molecule has 0 bridgehead atoms. The number of methoxy groups -OCH3 is 1. The Kier molecular flexibility index (Phi) is 6.02. The van der Waals surface area contributed by atoms with E-state index < -0.39 is 0 Å². The van der Waals surface area contributed by atoms with E-state index in [9.17, 15) is 4.79 Å². The van der Waals surface area contributed by atoms with Crippen LogP contribution in [0.5, 0.6) is 0 Å². The summed E-state index contributed by atoms with van der Waals surface area (Å²) < 4.78 is 5.35. The Morgan fingerprint density at radius 2 is 1.95 bits per heavy atom. The fourth-order valence-corrected chi connectivity index (χ4v) is 3.52. The van der Waals surface area contributed by atoms with Crippen LogP contribution >= 0.6 is 0 Å². The largest absolute Gasteiger partial charge is 0.384 e. The highest BCUT2D eigenvalue weighted by Crippen LogP contribution is 2.30. The molecule has 0 aliphatic carbocycles. The van der Waals surface area contributed by atoms with Crippen molar-refractivity contribution in [2.75, 3.05) is 39.9 Å². The van der Waals surface area contributed by atoms with Crippen molar-refractivity contribution in [1.82, 2.24) is 15.5 Å². The minimum atomic E-state index is -0.324.